The fourth-order valence-corrected chi connectivity index (χ4v) is 1.90. The van der Waals surface area contributed by atoms with Crippen molar-refractivity contribution in [3.8, 4) is 6.07 Å². The fourth-order valence-electron chi connectivity index (χ4n) is 1.52. The van der Waals surface area contributed by atoms with E-state index >= 15 is 0 Å². The minimum absolute atomic E-state index is 0.102. The number of rotatable bonds is 2. The number of hydrogen-bond donors (Lipinski definition) is 1. The van der Waals surface area contributed by atoms with Gasteiger partial charge in [-0.25, -0.2) is 4.39 Å². The topological polar surface area (TPSA) is 52.9 Å². The number of hydrogen-bond acceptors (Lipinski definition) is 2. The third kappa shape index (κ3) is 2.98. The van der Waals surface area contributed by atoms with Gasteiger partial charge in [0.25, 0.3) is 5.91 Å². The van der Waals surface area contributed by atoms with E-state index in [1.807, 2.05) is 12.1 Å². The van der Waals surface area contributed by atoms with Crippen molar-refractivity contribution in [1.82, 2.24) is 0 Å². The summed E-state index contributed by atoms with van der Waals surface area (Å²) in [5.74, 6) is -1.28. The Labute approximate surface area is 117 Å². The molecule has 5 heteroatoms. The molecule has 3 nitrogen and oxygen atoms in total. The maximum atomic E-state index is 13.7. The number of para-hydroxylation sites is 1. The Balaban J connectivity index is 2.26. The average Bonchev–Trinajstić information content (AvgIpc) is 2.41. The Morgan fingerprint density at radius 1 is 1.26 bits per heavy atom. The molecule has 0 bridgehead atoms. The zero-order valence-corrected chi connectivity index (χ0v) is 11.2. The van der Waals surface area contributed by atoms with Crippen LogP contribution in [0.1, 0.15) is 15.9 Å². The molecule has 0 aliphatic heterocycles. The van der Waals surface area contributed by atoms with Gasteiger partial charge < -0.3 is 5.32 Å². The van der Waals surface area contributed by atoms with Gasteiger partial charge in [0.1, 0.15) is 5.82 Å². The summed E-state index contributed by atoms with van der Waals surface area (Å²) in [6.07, 6.45) is 0. The standard InChI is InChI=1S/C14H8BrFN2O/c15-11-3-1-2-4-13(11)18-14(19)10-6-5-9(8-17)7-12(10)16/h1-7H,(H,18,19). The first-order chi connectivity index (χ1) is 9.11. The van der Waals surface area contributed by atoms with Crippen molar-refractivity contribution in [3.63, 3.8) is 0 Å². The highest BCUT2D eigenvalue weighted by molar-refractivity contribution is 9.10. The van der Waals surface area contributed by atoms with E-state index in [4.69, 9.17) is 5.26 Å². The maximum absolute atomic E-state index is 13.7. The molecular weight excluding hydrogens is 311 g/mol. The van der Waals surface area contributed by atoms with E-state index in [1.54, 1.807) is 18.2 Å². The molecule has 0 aromatic heterocycles. The van der Waals surface area contributed by atoms with Crippen molar-refractivity contribution in [1.29, 1.82) is 5.26 Å². The zero-order valence-electron chi connectivity index (χ0n) is 9.65. The van der Waals surface area contributed by atoms with Crippen molar-refractivity contribution in [2.45, 2.75) is 0 Å². The molecule has 2 aromatic rings. The van der Waals surface area contributed by atoms with Crippen LogP contribution in [0.3, 0.4) is 0 Å². The van der Waals surface area contributed by atoms with E-state index in [1.165, 1.54) is 12.1 Å². The summed E-state index contributed by atoms with van der Waals surface area (Å²) in [5, 5.41) is 11.2. The Hall–Kier alpha value is -2.19. The lowest BCUT2D eigenvalue weighted by atomic mass is 10.1. The monoisotopic (exact) mass is 318 g/mol. The molecule has 0 unspecified atom stereocenters. The molecule has 0 atom stereocenters. The molecule has 2 rings (SSSR count). The molecule has 0 aliphatic rings. The first kappa shape index (κ1) is 13.2. The molecule has 0 saturated heterocycles. The number of nitriles is 1. The lowest BCUT2D eigenvalue weighted by molar-refractivity contribution is 0.102. The summed E-state index contributed by atoms with van der Waals surface area (Å²) in [6, 6.07) is 12.6. The predicted molar refractivity (Wildman–Crippen MR) is 73.2 cm³/mol. The largest absolute Gasteiger partial charge is 0.321 e. The Kier molecular flexibility index (Phi) is 3.93. The quantitative estimate of drug-likeness (QED) is 0.917. The van der Waals surface area contributed by atoms with Crippen molar-refractivity contribution < 1.29 is 9.18 Å². The predicted octanol–water partition coefficient (Wildman–Crippen LogP) is 3.71. The van der Waals surface area contributed by atoms with Gasteiger partial charge >= 0.3 is 0 Å². The molecule has 0 heterocycles. The first-order valence-corrected chi connectivity index (χ1v) is 6.16. The molecule has 19 heavy (non-hydrogen) atoms. The number of anilines is 1. The van der Waals surface area contributed by atoms with E-state index in [0.29, 0.717) is 10.2 Å². The summed E-state index contributed by atoms with van der Waals surface area (Å²) in [4.78, 5) is 11.9. The lowest BCUT2D eigenvalue weighted by Crippen LogP contribution is -2.14. The molecular formula is C14H8BrFN2O. The van der Waals surface area contributed by atoms with Gasteiger partial charge in [0.15, 0.2) is 0 Å². The van der Waals surface area contributed by atoms with Crippen molar-refractivity contribution in [3.05, 3.63) is 63.9 Å². The van der Waals surface area contributed by atoms with Crippen LogP contribution in [0.15, 0.2) is 46.9 Å². The summed E-state index contributed by atoms with van der Waals surface area (Å²) < 4.78 is 14.4. The average molecular weight is 319 g/mol. The van der Waals surface area contributed by atoms with Crippen LogP contribution in [-0.4, -0.2) is 5.91 Å². The second-order valence-electron chi connectivity index (χ2n) is 3.74. The smallest absolute Gasteiger partial charge is 0.258 e. The molecule has 2 aromatic carbocycles. The van der Waals surface area contributed by atoms with E-state index in [0.717, 1.165) is 6.07 Å². The van der Waals surface area contributed by atoms with E-state index < -0.39 is 11.7 Å². The van der Waals surface area contributed by atoms with Gasteiger partial charge in [0, 0.05) is 4.47 Å². The van der Waals surface area contributed by atoms with Gasteiger partial charge in [0.2, 0.25) is 0 Å². The molecule has 1 N–H and O–H groups in total. The van der Waals surface area contributed by atoms with Crippen molar-refractivity contribution in [2.75, 3.05) is 5.32 Å². The lowest BCUT2D eigenvalue weighted by Gasteiger charge is -2.07. The normalized spacial score (nSPS) is 9.74. The molecule has 0 saturated carbocycles. The van der Waals surface area contributed by atoms with E-state index in [2.05, 4.69) is 21.2 Å². The van der Waals surface area contributed by atoms with E-state index in [9.17, 15) is 9.18 Å². The number of halogens is 2. The van der Waals surface area contributed by atoms with Gasteiger partial charge in [-0.05, 0) is 46.3 Å². The Morgan fingerprint density at radius 3 is 2.63 bits per heavy atom. The van der Waals surface area contributed by atoms with E-state index in [-0.39, 0.29) is 11.1 Å². The Bertz CT molecular complexity index is 679. The summed E-state index contributed by atoms with van der Waals surface area (Å²) in [6.45, 7) is 0. The van der Waals surface area contributed by atoms with Crippen LogP contribution in [0.25, 0.3) is 0 Å². The van der Waals surface area contributed by atoms with Crippen LogP contribution in [0.4, 0.5) is 10.1 Å². The van der Waals surface area contributed by atoms with Crippen molar-refractivity contribution >= 4 is 27.5 Å². The van der Waals surface area contributed by atoms with Crippen LogP contribution in [0, 0.1) is 17.1 Å². The summed E-state index contributed by atoms with van der Waals surface area (Å²) in [5.41, 5.74) is 0.626. The first-order valence-electron chi connectivity index (χ1n) is 5.37. The fraction of sp³-hybridized carbons (Fsp3) is 0. The second-order valence-corrected chi connectivity index (χ2v) is 4.59. The maximum Gasteiger partial charge on any atom is 0.258 e. The summed E-state index contributed by atoms with van der Waals surface area (Å²) in [7, 11) is 0. The van der Waals surface area contributed by atoms with Gasteiger partial charge in [-0.3, -0.25) is 4.79 Å². The number of nitrogens with one attached hydrogen (secondary N) is 1. The minimum Gasteiger partial charge on any atom is -0.321 e. The van der Waals surface area contributed by atoms with Gasteiger partial charge in [-0.2, -0.15) is 5.26 Å². The molecule has 0 radical (unpaired) electrons. The van der Waals surface area contributed by atoms with Crippen molar-refractivity contribution in [2.24, 2.45) is 0 Å². The number of carbonyl (C=O) groups excluding carboxylic acids is 1. The number of benzene rings is 2. The van der Waals surface area contributed by atoms with Gasteiger partial charge in [-0.1, -0.05) is 12.1 Å². The molecule has 0 spiro atoms. The molecule has 0 fully saturated rings. The third-order valence-corrected chi connectivity index (χ3v) is 3.16. The van der Waals surface area contributed by atoms with Crippen LogP contribution in [-0.2, 0) is 0 Å². The number of carbonyl (C=O) groups is 1. The molecule has 94 valence electrons. The van der Waals surface area contributed by atoms with Crippen LogP contribution >= 0.6 is 15.9 Å². The minimum atomic E-state index is -0.719. The molecule has 0 aliphatic carbocycles. The Morgan fingerprint density at radius 2 is 2.00 bits per heavy atom. The zero-order chi connectivity index (χ0) is 13.8. The van der Waals surface area contributed by atoms with Gasteiger partial charge in [0.05, 0.1) is 22.9 Å². The highest BCUT2D eigenvalue weighted by Crippen LogP contribution is 2.22. The SMILES string of the molecule is N#Cc1ccc(C(=O)Nc2ccccc2Br)c(F)c1. The highest BCUT2D eigenvalue weighted by atomic mass is 79.9. The molecule has 1 amide bonds. The summed E-state index contributed by atoms with van der Waals surface area (Å²) >= 11 is 3.29. The number of amides is 1. The third-order valence-electron chi connectivity index (χ3n) is 2.46. The number of nitrogens with zero attached hydrogens (tertiary/aromatic N) is 1. The van der Waals surface area contributed by atoms with Crippen LogP contribution < -0.4 is 5.32 Å². The van der Waals surface area contributed by atoms with Crippen LogP contribution in [0.2, 0.25) is 0 Å². The van der Waals surface area contributed by atoms with Gasteiger partial charge in [-0.15, -0.1) is 0 Å². The highest BCUT2D eigenvalue weighted by Gasteiger charge is 2.13. The van der Waals surface area contributed by atoms with Crippen LogP contribution in [0.5, 0.6) is 0 Å². The second kappa shape index (κ2) is 5.63.